The summed E-state index contributed by atoms with van der Waals surface area (Å²) in [5.74, 6) is -0.0183. The second-order valence-electron chi connectivity index (χ2n) is 5.70. The molecule has 1 aromatic carbocycles. The third kappa shape index (κ3) is 5.25. The summed E-state index contributed by atoms with van der Waals surface area (Å²) >= 11 is 6.11. The molecule has 22 heavy (non-hydrogen) atoms. The van der Waals surface area contributed by atoms with Crippen molar-refractivity contribution >= 4 is 17.5 Å². The summed E-state index contributed by atoms with van der Waals surface area (Å²) in [6.07, 6.45) is 0.339. The molecule has 0 radical (unpaired) electrons. The standard InChI is InChI=1S/C16H24ClN3O2/c1-12(18)9-16(21)19-11-15(20-5-7-22-8-6-20)13-3-2-4-14(17)10-13/h2-4,10,12,15H,5-9,11,18H2,1H3,(H,19,21). The maximum Gasteiger partial charge on any atom is 0.221 e. The molecule has 2 atom stereocenters. The van der Waals surface area contributed by atoms with Crippen molar-refractivity contribution in [3.05, 3.63) is 34.9 Å². The van der Waals surface area contributed by atoms with Gasteiger partial charge in [-0.2, -0.15) is 0 Å². The highest BCUT2D eigenvalue weighted by molar-refractivity contribution is 6.30. The molecule has 3 N–H and O–H groups in total. The Hall–Kier alpha value is -1.14. The molecule has 122 valence electrons. The molecule has 0 saturated carbocycles. The van der Waals surface area contributed by atoms with Crippen LogP contribution in [0.2, 0.25) is 5.02 Å². The van der Waals surface area contributed by atoms with Crippen LogP contribution in [0.3, 0.4) is 0 Å². The molecular weight excluding hydrogens is 302 g/mol. The van der Waals surface area contributed by atoms with Gasteiger partial charge in [-0.3, -0.25) is 9.69 Å². The van der Waals surface area contributed by atoms with E-state index in [1.807, 2.05) is 31.2 Å². The minimum atomic E-state index is -0.131. The predicted octanol–water partition coefficient (Wildman–Crippen LogP) is 1.57. The Labute approximate surface area is 136 Å². The molecule has 0 aliphatic carbocycles. The molecule has 1 fully saturated rings. The number of morpholine rings is 1. The molecular formula is C16H24ClN3O2. The first-order valence-electron chi connectivity index (χ1n) is 7.66. The Kier molecular flexibility index (Phi) is 6.64. The third-order valence-electron chi connectivity index (χ3n) is 3.72. The molecule has 0 bridgehead atoms. The van der Waals surface area contributed by atoms with Crippen molar-refractivity contribution in [1.29, 1.82) is 0 Å². The number of amides is 1. The lowest BCUT2D eigenvalue weighted by Crippen LogP contribution is -2.44. The highest BCUT2D eigenvalue weighted by atomic mass is 35.5. The fourth-order valence-corrected chi connectivity index (χ4v) is 2.83. The number of carbonyl (C=O) groups excluding carboxylic acids is 1. The molecule has 0 aromatic heterocycles. The van der Waals surface area contributed by atoms with Crippen molar-refractivity contribution < 1.29 is 9.53 Å². The zero-order valence-electron chi connectivity index (χ0n) is 12.9. The van der Waals surface area contributed by atoms with E-state index in [2.05, 4.69) is 10.2 Å². The van der Waals surface area contributed by atoms with E-state index in [0.717, 1.165) is 18.7 Å². The number of benzene rings is 1. The fraction of sp³-hybridized carbons (Fsp3) is 0.562. The van der Waals surface area contributed by atoms with Gasteiger partial charge in [0.2, 0.25) is 5.91 Å². The van der Waals surface area contributed by atoms with Crippen molar-refractivity contribution in [3.63, 3.8) is 0 Å². The van der Waals surface area contributed by atoms with Crippen LogP contribution in [0, 0.1) is 0 Å². The van der Waals surface area contributed by atoms with E-state index in [0.29, 0.717) is 31.2 Å². The van der Waals surface area contributed by atoms with Crippen molar-refractivity contribution in [2.75, 3.05) is 32.8 Å². The van der Waals surface area contributed by atoms with Gasteiger partial charge in [-0.25, -0.2) is 0 Å². The number of rotatable bonds is 6. The molecule has 0 spiro atoms. The first-order chi connectivity index (χ1) is 10.6. The third-order valence-corrected chi connectivity index (χ3v) is 3.95. The molecule has 5 nitrogen and oxygen atoms in total. The van der Waals surface area contributed by atoms with E-state index >= 15 is 0 Å². The van der Waals surface area contributed by atoms with E-state index in [-0.39, 0.29) is 18.0 Å². The van der Waals surface area contributed by atoms with E-state index in [1.54, 1.807) is 0 Å². The SMILES string of the molecule is CC(N)CC(=O)NCC(c1cccc(Cl)c1)N1CCOCC1. The predicted molar refractivity (Wildman–Crippen MR) is 87.9 cm³/mol. The molecule has 1 amide bonds. The average Bonchev–Trinajstić information content (AvgIpc) is 2.48. The Bertz CT molecular complexity index is 490. The molecule has 6 heteroatoms. The largest absolute Gasteiger partial charge is 0.379 e. The zero-order chi connectivity index (χ0) is 15.9. The van der Waals surface area contributed by atoms with Gasteiger partial charge in [0.1, 0.15) is 0 Å². The lowest BCUT2D eigenvalue weighted by atomic mass is 10.0. The number of nitrogens with one attached hydrogen (secondary N) is 1. The van der Waals surface area contributed by atoms with Crippen LogP contribution in [-0.2, 0) is 9.53 Å². The Morgan fingerprint density at radius 2 is 2.18 bits per heavy atom. The number of carbonyl (C=O) groups is 1. The van der Waals surface area contributed by atoms with Gasteiger partial charge < -0.3 is 15.8 Å². The summed E-state index contributed by atoms with van der Waals surface area (Å²) in [5, 5.41) is 3.69. The summed E-state index contributed by atoms with van der Waals surface area (Å²) in [5.41, 5.74) is 6.78. The second kappa shape index (κ2) is 8.48. The van der Waals surface area contributed by atoms with E-state index in [9.17, 15) is 4.79 Å². The Morgan fingerprint density at radius 1 is 1.45 bits per heavy atom. The smallest absolute Gasteiger partial charge is 0.221 e. The van der Waals surface area contributed by atoms with Gasteiger partial charge in [-0.15, -0.1) is 0 Å². The molecule has 1 aliphatic rings. The quantitative estimate of drug-likeness (QED) is 0.833. The maximum atomic E-state index is 11.9. The van der Waals surface area contributed by atoms with Crippen LogP contribution in [0.5, 0.6) is 0 Å². The number of nitrogens with zero attached hydrogens (tertiary/aromatic N) is 1. The normalized spacial score (nSPS) is 18.7. The fourth-order valence-electron chi connectivity index (χ4n) is 2.64. The second-order valence-corrected chi connectivity index (χ2v) is 6.14. The van der Waals surface area contributed by atoms with Gasteiger partial charge in [-0.05, 0) is 24.6 Å². The average molecular weight is 326 g/mol. The number of nitrogens with two attached hydrogens (primary N) is 1. The molecule has 1 saturated heterocycles. The Balaban J connectivity index is 2.06. The van der Waals surface area contributed by atoms with Crippen LogP contribution in [0.15, 0.2) is 24.3 Å². The van der Waals surface area contributed by atoms with Gasteiger partial charge in [0.25, 0.3) is 0 Å². The van der Waals surface area contributed by atoms with E-state index < -0.39 is 0 Å². The summed E-state index contributed by atoms with van der Waals surface area (Å²) in [6, 6.07) is 7.77. The van der Waals surface area contributed by atoms with Gasteiger partial charge in [0.15, 0.2) is 0 Å². The van der Waals surface area contributed by atoms with Gasteiger partial charge in [0.05, 0.1) is 19.3 Å². The monoisotopic (exact) mass is 325 g/mol. The summed E-state index contributed by atoms with van der Waals surface area (Å²) in [4.78, 5) is 14.2. The topological polar surface area (TPSA) is 67.6 Å². The highest BCUT2D eigenvalue weighted by Crippen LogP contribution is 2.23. The van der Waals surface area contributed by atoms with Crippen LogP contribution >= 0.6 is 11.6 Å². The minimum Gasteiger partial charge on any atom is -0.379 e. The molecule has 2 rings (SSSR count). The summed E-state index contributed by atoms with van der Waals surface area (Å²) in [6.45, 7) is 5.50. The van der Waals surface area contributed by atoms with Crippen LogP contribution in [0.4, 0.5) is 0 Å². The first-order valence-corrected chi connectivity index (χ1v) is 8.03. The highest BCUT2D eigenvalue weighted by Gasteiger charge is 2.23. The summed E-state index contributed by atoms with van der Waals surface area (Å²) < 4.78 is 5.42. The van der Waals surface area contributed by atoms with E-state index in [4.69, 9.17) is 22.1 Å². The lowest BCUT2D eigenvalue weighted by molar-refractivity contribution is -0.121. The minimum absolute atomic E-state index is 0.0183. The van der Waals surface area contributed by atoms with Crippen LogP contribution in [-0.4, -0.2) is 49.7 Å². The molecule has 1 heterocycles. The zero-order valence-corrected chi connectivity index (χ0v) is 13.7. The lowest BCUT2D eigenvalue weighted by Gasteiger charge is -2.35. The first kappa shape index (κ1) is 17.2. The van der Waals surface area contributed by atoms with Gasteiger partial charge in [0, 0.05) is 37.1 Å². The van der Waals surface area contributed by atoms with Crippen molar-refractivity contribution in [3.8, 4) is 0 Å². The van der Waals surface area contributed by atoms with Crippen LogP contribution in [0.25, 0.3) is 0 Å². The molecule has 1 aromatic rings. The molecule has 2 unspecified atom stereocenters. The molecule has 1 aliphatic heterocycles. The number of halogens is 1. The van der Waals surface area contributed by atoms with Gasteiger partial charge in [-0.1, -0.05) is 23.7 Å². The maximum absolute atomic E-state index is 11.9. The van der Waals surface area contributed by atoms with Crippen molar-refractivity contribution in [2.45, 2.75) is 25.4 Å². The number of hydrogen-bond donors (Lipinski definition) is 2. The Morgan fingerprint density at radius 3 is 2.82 bits per heavy atom. The number of ether oxygens (including phenoxy) is 1. The van der Waals surface area contributed by atoms with E-state index in [1.165, 1.54) is 0 Å². The number of hydrogen-bond acceptors (Lipinski definition) is 4. The van der Waals surface area contributed by atoms with Gasteiger partial charge >= 0.3 is 0 Å². The van der Waals surface area contributed by atoms with Crippen molar-refractivity contribution in [1.82, 2.24) is 10.2 Å². The van der Waals surface area contributed by atoms with Crippen LogP contribution in [0.1, 0.15) is 24.9 Å². The van der Waals surface area contributed by atoms with Crippen molar-refractivity contribution in [2.24, 2.45) is 5.73 Å². The summed E-state index contributed by atoms with van der Waals surface area (Å²) in [7, 11) is 0. The van der Waals surface area contributed by atoms with Crippen LogP contribution < -0.4 is 11.1 Å².